The third-order valence-electron chi connectivity index (χ3n) is 5.02. The Kier molecular flexibility index (Phi) is 17.4. The number of likely N-dealkylation sites (N-methyl/N-ethyl adjacent to an activating group) is 1. The molecule has 0 bridgehead atoms. The van der Waals surface area contributed by atoms with E-state index in [0.717, 1.165) is 6.42 Å². The van der Waals surface area contributed by atoms with Crippen molar-refractivity contribution in [2.45, 2.75) is 110 Å². The number of rotatable bonds is 18. The SMILES string of the molecule is CCCCCCCC/C=C\CCCCCCCC(C)N(C)CC(=O)O. The summed E-state index contributed by atoms with van der Waals surface area (Å²) in [6, 6.07) is 0.362. The smallest absolute Gasteiger partial charge is 0.317 e. The van der Waals surface area contributed by atoms with Gasteiger partial charge in [0.15, 0.2) is 0 Å². The number of unbranched alkanes of at least 4 members (excludes halogenated alkanes) is 11. The van der Waals surface area contributed by atoms with Crippen molar-refractivity contribution < 1.29 is 9.90 Å². The fourth-order valence-corrected chi connectivity index (χ4v) is 3.10. The normalized spacial score (nSPS) is 13.0. The molecule has 0 heterocycles. The van der Waals surface area contributed by atoms with Crippen molar-refractivity contribution in [2.75, 3.05) is 13.6 Å². The zero-order valence-electron chi connectivity index (χ0n) is 17.1. The molecule has 0 fully saturated rings. The molecule has 0 amide bonds. The highest BCUT2D eigenvalue weighted by Crippen LogP contribution is 2.12. The van der Waals surface area contributed by atoms with Crippen LogP contribution in [0.15, 0.2) is 12.2 Å². The van der Waals surface area contributed by atoms with E-state index >= 15 is 0 Å². The second-order valence-electron chi connectivity index (χ2n) is 7.53. The zero-order chi connectivity index (χ0) is 18.8. The molecule has 0 aromatic rings. The van der Waals surface area contributed by atoms with Gasteiger partial charge in [-0.1, -0.05) is 76.9 Å². The maximum Gasteiger partial charge on any atom is 0.317 e. The first-order valence-corrected chi connectivity index (χ1v) is 10.6. The Morgan fingerprint density at radius 3 is 1.88 bits per heavy atom. The maximum atomic E-state index is 10.7. The van der Waals surface area contributed by atoms with Crippen molar-refractivity contribution in [2.24, 2.45) is 0 Å². The monoisotopic (exact) mass is 353 g/mol. The lowest BCUT2D eigenvalue weighted by Gasteiger charge is -2.22. The molecule has 1 N–H and O–H groups in total. The highest BCUT2D eigenvalue weighted by Gasteiger charge is 2.11. The van der Waals surface area contributed by atoms with E-state index in [4.69, 9.17) is 5.11 Å². The fourth-order valence-electron chi connectivity index (χ4n) is 3.10. The summed E-state index contributed by atoms with van der Waals surface area (Å²) in [5, 5.41) is 8.79. The summed E-state index contributed by atoms with van der Waals surface area (Å²) in [5.41, 5.74) is 0. The Labute approximate surface area is 156 Å². The molecule has 0 radical (unpaired) electrons. The fraction of sp³-hybridized carbons (Fsp3) is 0.864. The molecular formula is C22H43NO2. The standard InChI is InChI=1S/C22H43NO2/c1-4-5-6-7-8-9-10-11-12-13-14-15-16-17-18-19-21(2)23(3)20-22(24)25/h11-12,21H,4-10,13-20H2,1-3H3,(H,24,25)/b12-11-. The number of nitrogens with zero attached hydrogens (tertiary/aromatic N) is 1. The van der Waals surface area contributed by atoms with Crippen LogP contribution in [0.3, 0.4) is 0 Å². The summed E-state index contributed by atoms with van der Waals surface area (Å²) < 4.78 is 0. The molecule has 3 heteroatoms. The number of hydrogen-bond donors (Lipinski definition) is 1. The molecule has 0 aliphatic rings. The summed E-state index contributed by atoms with van der Waals surface area (Å²) in [5.74, 6) is -0.737. The lowest BCUT2D eigenvalue weighted by atomic mass is 10.1. The third kappa shape index (κ3) is 17.8. The van der Waals surface area contributed by atoms with Crippen LogP contribution in [-0.2, 0) is 4.79 Å². The van der Waals surface area contributed by atoms with Gasteiger partial charge in [-0.2, -0.15) is 0 Å². The van der Waals surface area contributed by atoms with Crippen LogP contribution in [0.2, 0.25) is 0 Å². The average molecular weight is 354 g/mol. The Morgan fingerprint density at radius 2 is 1.36 bits per heavy atom. The van der Waals surface area contributed by atoms with Crippen LogP contribution in [0.25, 0.3) is 0 Å². The Balaban J connectivity index is 3.30. The quantitative estimate of drug-likeness (QED) is 0.228. The van der Waals surface area contributed by atoms with E-state index in [1.165, 1.54) is 83.5 Å². The predicted octanol–water partition coefficient (Wildman–Crippen LogP) is 6.43. The minimum absolute atomic E-state index is 0.145. The first-order valence-electron chi connectivity index (χ1n) is 10.6. The van der Waals surface area contributed by atoms with Gasteiger partial charge in [-0.05, 0) is 46.1 Å². The first-order chi connectivity index (χ1) is 12.1. The van der Waals surface area contributed by atoms with Gasteiger partial charge >= 0.3 is 5.97 Å². The molecule has 0 saturated heterocycles. The molecule has 0 spiro atoms. The second kappa shape index (κ2) is 18.0. The van der Waals surface area contributed by atoms with E-state index in [1.54, 1.807) is 0 Å². The van der Waals surface area contributed by atoms with Crippen molar-refractivity contribution in [1.29, 1.82) is 0 Å². The summed E-state index contributed by atoms with van der Waals surface area (Å²) in [7, 11) is 1.90. The van der Waals surface area contributed by atoms with E-state index in [9.17, 15) is 4.79 Å². The minimum Gasteiger partial charge on any atom is -0.480 e. The number of carbonyl (C=O) groups is 1. The Hall–Kier alpha value is -0.830. The van der Waals surface area contributed by atoms with Gasteiger partial charge < -0.3 is 5.11 Å². The molecule has 1 unspecified atom stereocenters. The van der Waals surface area contributed by atoms with Crippen molar-refractivity contribution >= 4 is 5.97 Å². The summed E-state index contributed by atoms with van der Waals surface area (Å²) >= 11 is 0. The van der Waals surface area contributed by atoms with Gasteiger partial charge in [0.05, 0.1) is 6.54 Å². The summed E-state index contributed by atoms with van der Waals surface area (Å²) in [6.45, 7) is 4.54. The number of hydrogen-bond acceptors (Lipinski definition) is 2. The van der Waals surface area contributed by atoms with Crippen LogP contribution in [0.1, 0.15) is 104 Å². The van der Waals surface area contributed by atoms with E-state index in [1.807, 2.05) is 11.9 Å². The van der Waals surface area contributed by atoms with Gasteiger partial charge in [0.25, 0.3) is 0 Å². The van der Waals surface area contributed by atoms with Gasteiger partial charge in [0.2, 0.25) is 0 Å². The van der Waals surface area contributed by atoms with Crippen LogP contribution in [-0.4, -0.2) is 35.6 Å². The highest BCUT2D eigenvalue weighted by atomic mass is 16.4. The van der Waals surface area contributed by atoms with Crippen LogP contribution in [0.4, 0.5) is 0 Å². The molecule has 0 saturated carbocycles. The number of aliphatic carboxylic acids is 1. The lowest BCUT2D eigenvalue weighted by molar-refractivity contribution is -0.138. The Bertz CT molecular complexity index is 328. The summed E-state index contributed by atoms with van der Waals surface area (Å²) in [6.07, 6.45) is 23.0. The van der Waals surface area contributed by atoms with Crippen molar-refractivity contribution in [3.05, 3.63) is 12.2 Å². The Morgan fingerprint density at radius 1 is 0.880 bits per heavy atom. The topological polar surface area (TPSA) is 40.5 Å². The molecule has 25 heavy (non-hydrogen) atoms. The highest BCUT2D eigenvalue weighted by molar-refractivity contribution is 5.69. The molecular weight excluding hydrogens is 310 g/mol. The molecule has 0 aliphatic heterocycles. The molecule has 0 aromatic carbocycles. The van der Waals surface area contributed by atoms with E-state index in [-0.39, 0.29) is 6.54 Å². The predicted molar refractivity (Wildman–Crippen MR) is 109 cm³/mol. The van der Waals surface area contributed by atoms with Gasteiger partial charge in [-0.15, -0.1) is 0 Å². The number of carboxylic acid groups (broad SMARTS) is 1. The van der Waals surface area contributed by atoms with Crippen LogP contribution < -0.4 is 0 Å². The molecule has 148 valence electrons. The second-order valence-corrected chi connectivity index (χ2v) is 7.53. The van der Waals surface area contributed by atoms with Gasteiger partial charge in [0.1, 0.15) is 0 Å². The van der Waals surface area contributed by atoms with Crippen LogP contribution >= 0.6 is 0 Å². The zero-order valence-corrected chi connectivity index (χ0v) is 17.1. The number of carboxylic acids is 1. The van der Waals surface area contributed by atoms with Gasteiger partial charge in [-0.3, -0.25) is 9.69 Å². The van der Waals surface area contributed by atoms with Crippen molar-refractivity contribution in [3.63, 3.8) is 0 Å². The van der Waals surface area contributed by atoms with E-state index in [2.05, 4.69) is 26.0 Å². The average Bonchev–Trinajstić information content (AvgIpc) is 2.57. The van der Waals surface area contributed by atoms with Crippen molar-refractivity contribution in [1.82, 2.24) is 4.90 Å². The summed E-state index contributed by atoms with van der Waals surface area (Å²) in [4.78, 5) is 12.6. The molecule has 0 aliphatic carbocycles. The first kappa shape index (κ1) is 24.2. The van der Waals surface area contributed by atoms with Crippen molar-refractivity contribution in [3.8, 4) is 0 Å². The minimum atomic E-state index is -0.737. The molecule has 3 nitrogen and oxygen atoms in total. The molecule has 0 aromatic heterocycles. The van der Waals surface area contributed by atoms with Gasteiger partial charge in [-0.25, -0.2) is 0 Å². The molecule has 1 atom stereocenters. The van der Waals surface area contributed by atoms with Gasteiger partial charge in [0, 0.05) is 6.04 Å². The van der Waals surface area contributed by atoms with Crippen LogP contribution in [0.5, 0.6) is 0 Å². The number of allylic oxidation sites excluding steroid dienone is 2. The largest absolute Gasteiger partial charge is 0.480 e. The van der Waals surface area contributed by atoms with Crippen LogP contribution in [0, 0.1) is 0 Å². The third-order valence-corrected chi connectivity index (χ3v) is 5.02. The van der Waals surface area contributed by atoms with E-state index < -0.39 is 5.97 Å². The molecule has 0 rings (SSSR count). The lowest BCUT2D eigenvalue weighted by Crippen LogP contribution is -2.33. The van der Waals surface area contributed by atoms with E-state index in [0.29, 0.717) is 6.04 Å². The maximum absolute atomic E-state index is 10.7.